The van der Waals surface area contributed by atoms with Gasteiger partial charge in [0.05, 0.1) is 15.6 Å². The number of hydrogen-bond acceptors (Lipinski definition) is 1. The van der Waals surface area contributed by atoms with Gasteiger partial charge in [0.2, 0.25) is 0 Å². The van der Waals surface area contributed by atoms with E-state index < -0.39 is 5.60 Å². The molecule has 0 radical (unpaired) electrons. The van der Waals surface area contributed by atoms with Crippen molar-refractivity contribution in [3.05, 3.63) is 33.8 Å². The summed E-state index contributed by atoms with van der Waals surface area (Å²) >= 11 is 12.2. The topological polar surface area (TPSA) is 20.2 Å². The van der Waals surface area contributed by atoms with Crippen molar-refractivity contribution in [2.45, 2.75) is 57.5 Å². The molecule has 1 aliphatic carbocycles. The second-order valence-electron chi connectivity index (χ2n) is 5.85. The van der Waals surface area contributed by atoms with E-state index in [1.54, 1.807) is 6.07 Å². The minimum Gasteiger partial charge on any atom is -0.390 e. The predicted molar refractivity (Wildman–Crippen MR) is 82.0 cm³/mol. The van der Waals surface area contributed by atoms with Gasteiger partial charge in [-0.15, -0.1) is 0 Å². The van der Waals surface area contributed by atoms with Gasteiger partial charge in [-0.3, -0.25) is 0 Å². The van der Waals surface area contributed by atoms with Gasteiger partial charge in [-0.25, -0.2) is 0 Å². The molecule has 0 heterocycles. The molecule has 0 bridgehead atoms. The lowest BCUT2D eigenvalue weighted by molar-refractivity contribution is -0.00985. The monoisotopic (exact) mass is 300 g/mol. The van der Waals surface area contributed by atoms with Gasteiger partial charge in [-0.05, 0) is 43.2 Å². The van der Waals surface area contributed by atoms with Crippen molar-refractivity contribution in [1.29, 1.82) is 0 Å². The summed E-state index contributed by atoms with van der Waals surface area (Å²) in [7, 11) is 0. The molecule has 0 unspecified atom stereocenters. The normalized spacial score (nSPS) is 27.5. The largest absolute Gasteiger partial charge is 0.390 e. The molecule has 19 heavy (non-hydrogen) atoms. The average molecular weight is 301 g/mol. The van der Waals surface area contributed by atoms with Gasteiger partial charge in [-0.2, -0.15) is 0 Å². The Kier molecular flexibility index (Phi) is 5.16. The van der Waals surface area contributed by atoms with Gasteiger partial charge in [0.25, 0.3) is 0 Å². The number of benzene rings is 1. The molecule has 0 atom stereocenters. The molecule has 0 amide bonds. The second kappa shape index (κ2) is 6.47. The van der Waals surface area contributed by atoms with Crippen molar-refractivity contribution >= 4 is 23.2 Å². The van der Waals surface area contributed by atoms with E-state index in [1.807, 2.05) is 12.1 Å². The van der Waals surface area contributed by atoms with Crippen molar-refractivity contribution in [3.8, 4) is 0 Å². The third kappa shape index (κ3) is 3.87. The molecule has 106 valence electrons. The van der Waals surface area contributed by atoms with Crippen LogP contribution >= 0.6 is 23.2 Å². The SMILES string of the molecule is CCCC1CCC(O)(Cc2cccc(Cl)c2Cl)CC1. The minimum atomic E-state index is -0.599. The van der Waals surface area contributed by atoms with Gasteiger partial charge >= 0.3 is 0 Å². The van der Waals surface area contributed by atoms with E-state index in [-0.39, 0.29) is 0 Å². The first kappa shape index (κ1) is 15.2. The highest BCUT2D eigenvalue weighted by Gasteiger charge is 2.33. The molecule has 3 heteroatoms. The first-order valence-corrected chi connectivity index (χ1v) is 7.95. The van der Waals surface area contributed by atoms with Crippen molar-refractivity contribution < 1.29 is 5.11 Å². The van der Waals surface area contributed by atoms with E-state index in [0.29, 0.717) is 16.5 Å². The standard InChI is InChI=1S/C16H22Cl2O/c1-2-4-12-7-9-16(19,10-8-12)11-13-5-3-6-14(17)15(13)18/h3,5-6,12,19H,2,4,7-11H2,1H3. The summed E-state index contributed by atoms with van der Waals surface area (Å²) in [6.45, 7) is 2.23. The van der Waals surface area contributed by atoms with Crippen LogP contribution in [-0.4, -0.2) is 10.7 Å². The van der Waals surface area contributed by atoms with Crippen molar-refractivity contribution in [3.63, 3.8) is 0 Å². The van der Waals surface area contributed by atoms with E-state index in [2.05, 4.69) is 6.92 Å². The fraction of sp³-hybridized carbons (Fsp3) is 0.625. The first-order chi connectivity index (χ1) is 9.04. The smallest absolute Gasteiger partial charge is 0.0688 e. The van der Waals surface area contributed by atoms with Gasteiger partial charge in [0, 0.05) is 6.42 Å². The lowest BCUT2D eigenvalue weighted by Gasteiger charge is -2.36. The van der Waals surface area contributed by atoms with E-state index in [0.717, 1.165) is 37.2 Å². The molecule has 1 aliphatic rings. The quantitative estimate of drug-likeness (QED) is 0.804. The molecule has 1 N–H and O–H groups in total. The average Bonchev–Trinajstić information content (AvgIpc) is 2.38. The van der Waals surface area contributed by atoms with Gasteiger partial charge in [0.15, 0.2) is 0 Å². The third-order valence-corrected chi connectivity index (χ3v) is 5.14. The second-order valence-corrected chi connectivity index (χ2v) is 6.63. The van der Waals surface area contributed by atoms with Gasteiger partial charge in [-0.1, -0.05) is 55.1 Å². The molecule has 1 nitrogen and oxygen atoms in total. The molecule has 1 aromatic carbocycles. The molecule has 2 rings (SSSR count). The Labute approximate surface area is 125 Å². The zero-order valence-electron chi connectivity index (χ0n) is 11.5. The van der Waals surface area contributed by atoms with Crippen LogP contribution in [0, 0.1) is 5.92 Å². The molecule has 1 saturated carbocycles. The zero-order chi connectivity index (χ0) is 13.9. The maximum Gasteiger partial charge on any atom is 0.0688 e. The molecule has 1 fully saturated rings. The lowest BCUT2D eigenvalue weighted by Crippen LogP contribution is -2.36. The summed E-state index contributed by atoms with van der Waals surface area (Å²) < 4.78 is 0. The van der Waals surface area contributed by atoms with E-state index in [4.69, 9.17) is 23.2 Å². The number of aliphatic hydroxyl groups is 1. The first-order valence-electron chi connectivity index (χ1n) is 7.19. The van der Waals surface area contributed by atoms with Gasteiger partial charge in [0.1, 0.15) is 0 Å². The van der Waals surface area contributed by atoms with Crippen molar-refractivity contribution in [1.82, 2.24) is 0 Å². The van der Waals surface area contributed by atoms with E-state index >= 15 is 0 Å². The van der Waals surface area contributed by atoms with Crippen LogP contribution in [0.25, 0.3) is 0 Å². The zero-order valence-corrected chi connectivity index (χ0v) is 13.0. The summed E-state index contributed by atoms with van der Waals surface area (Å²) in [5, 5.41) is 11.9. The van der Waals surface area contributed by atoms with Crippen LogP contribution in [-0.2, 0) is 6.42 Å². The molecule has 0 aliphatic heterocycles. The lowest BCUT2D eigenvalue weighted by atomic mass is 9.75. The fourth-order valence-electron chi connectivity index (χ4n) is 3.13. The molecule has 1 aromatic rings. The molecule has 0 spiro atoms. The highest BCUT2D eigenvalue weighted by atomic mass is 35.5. The molecular formula is C16H22Cl2O. The maximum atomic E-state index is 10.7. The molecule has 0 saturated heterocycles. The van der Waals surface area contributed by atoms with Crippen LogP contribution in [0.4, 0.5) is 0 Å². The van der Waals surface area contributed by atoms with Gasteiger partial charge < -0.3 is 5.11 Å². The van der Waals surface area contributed by atoms with E-state index in [9.17, 15) is 5.11 Å². The van der Waals surface area contributed by atoms with E-state index in [1.165, 1.54) is 12.8 Å². The Balaban J connectivity index is 2.01. The summed E-state index contributed by atoms with van der Waals surface area (Å²) in [5.74, 6) is 0.792. The maximum absolute atomic E-state index is 10.7. The predicted octanol–water partition coefficient (Wildman–Crippen LogP) is 5.26. The van der Waals surface area contributed by atoms with Crippen molar-refractivity contribution in [2.75, 3.05) is 0 Å². The number of halogens is 2. The highest BCUT2D eigenvalue weighted by Crippen LogP contribution is 2.38. The molecular weight excluding hydrogens is 279 g/mol. The van der Waals surface area contributed by atoms with Crippen LogP contribution in [0.15, 0.2) is 18.2 Å². The minimum absolute atomic E-state index is 0.572. The fourth-order valence-corrected chi connectivity index (χ4v) is 3.52. The Hall–Kier alpha value is -0.240. The summed E-state index contributed by atoms with van der Waals surface area (Å²) in [5.41, 5.74) is 0.365. The summed E-state index contributed by atoms with van der Waals surface area (Å²) in [6.07, 6.45) is 7.15. The molecule has 0 aromatic heterocycles. The number of hydrogen-bond donors (Lipinski definition) is 1. The van der Waals surface area contributed by atoms with Crippen LogP contribution in [0.2, 0.25) is 10.0 Å². The Morgan fingerprint density at radius 2 is 1.95 bits per heavy atom. The van der Waals surface area contributed by atoms with Crippen LogP contribution in [0.1, 0.15) is 51.0 Å². The van der Waals surface area contributed by atoms with Crippen LogP contribution in [0.5, 0.6) is 0 Å². The highest BCUT2D eigenvalue weighted by molar-refractivity contribution is 6.42. The Bertz CT molecular complexity index is 423. The third-order valence-electron chi connectivity index (χ3n) is 4.28. The van der Waals surface area contributed by atoms with Crippen molar-refractivity contribution in [2.24, 2.45) is 5.92 Å². The Morgan fingerprint density at radius 3 is 2.58 bits per heavy atom. The van der Waals surface area contributed by atoms with Crippen LogP contribution < -0.4 is 0 Å². The van der Waals surface area contributed by atoms with Crippen LogP contribution in [0.3, 0.4) is 0 Å². The number of rotatable bonds is 4. The summed E-state index contributed by atoms with van der Waals surface area (Å²) in [6, 6.07) is 5.65. The summed E-state index contributed by atoms with van der Waals surface area (Å²) in [4.78, 5) is 0. The Morgan fingerprint density at radius 1 is 1.26 bits per heavy atom.